The number of thioether (sulfide) groups is 1. The monoisotopic (exact) mass is 277 g/mol. The number of hydrogen-bond donors (Lipinski definition) is 1. The summed E-state index contributed by atoms with van der Waals surface area (Å²) in [6, 6.07) is 11.0. The van der Waals surface area contributed by atoms with Gasteiger partial charge in [-0.2, -0.15) is 0 Å². The summed E-state index contributed by atoms with van der Waals surface area (Å²) < 4.78 is 0. The van der Waals surface area contributed by atoms with E-state index in [-0.39, 0.29) is 17.2 Å². The lowest BCUT2D eigenvalue weighted by atomic mass is 9.90. The highest BCUT2D eigenvalue weighted by atomic mass is 32.2. The molecular formula is C15H19NO2S. The highest BCUT2D eigenvalue weighted by molar-refractivity contribution is 8.00. The molecule has 2 heterocycles. The largest absolute Gasteiger partial charge is 0.481 e. The number of piperidine rings is 1. The molecule has 4 atom stereocenters. The molecule has 2 saturated heterocycles. The minimum atomic E-state index is -0.634. The molecule has 1 N–H and O–H groups in total. The maximum atomic E-state index is 11.6. The molecule has 0 aromatic heterocycles. The van der Waals surface area contributed by atoms with Crippen LogP contribution in [0.4, 0.5) is 0 Å². The molecule has 1 aromatic rings. The lowest BCUT2D eigenvalue weighted by Gasteiger charge is -2.40. The minimum Gasteiger partial charge on any atom is -0.481 e. The number of carbonyl (C=O) groups is 1. The van der Waals surface area contributed by atoms with E-state index in [0.29, 0.717) is 6.04 Å². The second kappa shape index (κ2) is 5.17. The minimum absolute atomic E-state index is 0.202. The molecule has 2 aliphatic heterocycles. The van der Waals surface area contributed by atoms with Gasteiger partial charge in [-0.3, -0.25) is 9.69 Å². The zero-order chi connectivity index (χ0) is 13.4. The summed E-state index contributed by atoms with van der Waals surface area (Å²) in [5, 5.41) is 9.79. The quantitative estimate of drug-likeness (QED) is 0.922. The van der Waals surface area contributed by atoms with Crippen LogP contribution < -0.4 is 0 Å². The lowest BCUT2D eigenvalue weighted by molar-refractivity contribution is -0.145. The summed E-state index contributed by atoms with van der Waals surface area (Å²) in [4.78, 5) is 15.1. The highest BCUT2D eigenvalue weighted by Gasteiger charge is 2.49. The van der Waals surface area contributed by atoms with Crippen LogP contribution in [0.5, 0.6) is 0 Å². The SMILES string of the molecule is CN1[C@H]2CC[C@@H]1C(C(=O)O)C(Sc1ccccc1)C2. The Balaban J connectivity index is 1.82. The number of nitrogens with zero attached hydrogens (tertiary/aromatic N) is 1. The first kappa shape index (κ1) is 13.0. The van der Waals surface area contributed by atoms with E-state index in [1.165, 1.54) is 4.90 Å². The molecule has 102 valence electrons. The Morgan fingerprint density at radius 1 is 1.32 bits per heavy atom. The Morgan fingerprint density at radius 2 is 2.05 bits per heavy atom. The van der Waals surface area contributed by atoms with Crippen molar-refractivity contribution in [3.05, 3.63) is 30.3 Å². The predicted octanol–water partition coefficient (Wildman–Crippen LogP) is 2.71. The summed E-state index contributed by atoms with van der Waals surface area (Å²) >= 11 is 1.74. The molecule has 4 heteroatoms. The molecule has 0 spiro atoms. The van der Waals surface area contributed by atoms with E-state index >= 15 is 0 Å². The number of fused-ring (bicyclic) bond motifs is 2. The van der Waals surface area contributed by atoms with Crippen molar-refractivity contribution in [2.24, 2.45) is 5.92 Å². The van der Waals surface area contributed by atoms with Gasteiger partial charge in [0.15, 0.2) is 0 Å². The van der Waals surface area contributed by atoms with Crippen molar-refractivity contribution in [3.63, 3.8) is 0 Å². The van der Waals surface area contributed by atoms with Crippen molar-refractivity contribution in [2.45, 2.75) is 41.5 Å². The van der Waals surface area contributed by atoms with Crippen LogP contribution >= 0.6 is 11.8 Å². The smallest absolute Gasteiger partial charge is 0.309 e. The number of rotatable bonds is 3. The van der Waals surface area contributed by atoms with Crippen LogP contribution in [-0.4, -0.2) is 40.4 Å². The van der Waals surface area contributed by atoms with Gasteiger partial charge in [-0.1, -0.05) is 18.2 Å². The third-order valence-corrected chi connectivity index (χ3v) is 5.86. The predicted molar refractivity (Wildman–Crippen MR) is 76.4 cm³/mol. The van der Waals surface area contributed by atoms with Crippen molar-refractivity contribution in [1.82, 2.24) is 4.90 Å². The van der Waals surface area contributed by atoms with E-state index in [9.17, 15) is 9.90 Å². The normalized spacial score (nSPS) is 34.4. The first-order valence-corrected chi connectivity index (χ1v) is 7.71. The van der Waals surface area contributed by atoms with E-state index in [2.05, 4.69) is 24.1 Å². The number of benzene rings is 1. The van der Waals surface area contributed by atoms with Gasteiger partial charge in [0.1, 0.15) is 0 Å². The zero-order valence-corrected chi connectivity index (χ0v) is 11.8. The van der Waals surface area contributed by atoms with Crippen molar-refractivity contribution in [1.29, 1.82) is 0 Å². The summed E-state index contributed by atoms with van der Waals surface area (Å²) in [6.07, 6.45) is 3.17. The highest BCUT2D eigenvalue weighted by Crippen LogP contribution is 2.44. The van der Waals surface area contributed by atoms with Gasteiger partial charge in [0, 0.05) is 22.2 Å². The van der Waals surface area contributed by atoms with Gasteiger partial charge in [0.05, 0.1) is 5.92 Å². The first-order valence-electron chi connectivity index (χ1n) is 6.83. The van der Waals surface area contributed by atoms with E-state index in [1.807, 2.05) is 18.2 Å². The molecule has 0 radical (unpaired) electrons. The number of hydrogen-bond acceptors (Lipinski definition) is 3. The van der Waals surface area contributed by atoms with Crippen LogP contribution in [0.15, 0.2) is 35.2 Å². The first-order chi connectivity index (χ1) is 9.16. The van der Waals surface area contributed by atoms with Gasteiger partial charge in [-0.05, 0) is 38.4 Å². The summed E-state index contributed by atoms with van der Waals surface area (Å²) in [6.45, 7) is 0. The Bertz CT molecular complexity index is 464. The van der Waals surface area contributed by atoms with Gasteiger partial charge < -0.3 is 5.11 Å². The molecule has 0 amide bonds. The van der Waals surface area contributed by atoms with E-state index in [4.69, 9.17) is 0 Å². The number of carboxylic acids is 1. The Hall–Kier alpha value is -1.00. The second-order valence-electron chi connectivity index (χ2n) is 5.53. The molecule has 3 nitrogen and oxygen atoms in total. The van der Waals surface area contributed by atoms with Gasteiger partial charge in [0.2, 0.25) is 0 Å². The fourth-order valence-electron chi connectivity index (χ4n) is 3.54. The average Bonchev–Trinajstić information content (AvgIpc) is 2.63. The summed E-state index contributed by atoms with van der Waals surface area (Å²) in [5.74, 6) is -0.875. The van der Waals surface area contributed by atoms with Crippen LogP contribution in [0.1, 0.15) is 19.3 Å². The third kappa shape index (κ3) is 2.39. The summed E-state index contributed by atoms with van der Waals surface area (Å²) in [7, 11) is 2.08. The van der Waals surface area contributed by atoms with Gasteiger partial charge in [-0.25, -0.2) is 0 Å². The van der Waals surface area contributed by atoms with Crippen LogP contribution in [0.2, 0.25) is 0 Å². The van der Waals surface area contributed by atoms with Crippen molar-refractivity contribution >= 4 is 17.7 Å². The van der Waals surface area contributed by atoms with Crippen molar-refractivity contribution < 1.29 is 9.90 Å². The number of aliphatic carboxylic acids is 1. The molecule has 2 unspecified atom stereocenters. The fourth-order valence-corrected chi connectivity index (χ4v) is 4.97. The van der Waals surface area contributed by atoms with E-state index in [0.717, 1.165) is 19.3 Å². The van der Waals surface area contributed by atoms with Gasteiger partial charge >= 0.3 is 5.97 Å². The maximum absolute atomic E-state index is 11.6. The maximum Gasteiger partial charge on any atom is 0.309 e. The molecule has 0 saturated carbocycles. The molecule has 19 heavy (non-hydrogen) atoms. The van der Waals surface area contributed by atoms with Gasteiger partial charge in [0.25, 0.3) is 0 Å². The van der Waals surface area contributed by atoms with Crippen molar-refractivity contribution in [2.75, 3.05) is 7.05 Å². The topological polar surface area (TPSA) is 40.5 Å². The molecule has 1 aromatic carbocycles. The molecule has 2 fully saturated rings. The Labute approximate surface area is 118 Å². The standard InChI is InChI=1S/C15H19NO2S/c1-16-10-7-8-12(16)14(15(17)18)13(9-10)19-11-5-3-2-4-6-11/h2-6,10,12-14H,7-9H2,1H3,(H,17,18)/t10-,12+,13?,14?/m0/s1. The molecule has 2 aliphatic rings. The Kier molecular flexibility index (Phi) is 3.54. The van der Waals surface area contributed by atoms with Crippen molar-refractivity contribution in [3.8, 4) is 0 Å². The van der Waals surface area contributed by atoms with Gasteiger partial charge in [-0.15, -0.1) is 11.8 Å². The number of carboxylic acid groups (broad SMARTS) is 1. The fraction of sp³-hybridized carbons (Fsp3) is 0.533. The van der Waals surface area contributed by atoms with E-state index in [1.54, 1.807) is 11.8 Å². The molecular weight excluding hydrogens is 258 g/mol. The van der Waals surface area contributed by atoms with Crippen LogP contribution in [-0.2, 0) is 4.79 Å². The third-order valence-electron chi connectivity index (χ3n) is 4.53. The van der Waals surface area contributed by atoms with Crippen LogP contribution in [0.3, 0.4) is 0 Å². The average molecular weight is 277 g/mol. The van der Waals surface area contributed by atoms with E-state index < -0.39 is 5.97 Å². The lowest BCUT2D eigenvalue weighted by Crippen LogP contribution is -2.50. The van der Waals surface area contributed by atoms with Crippen LogP contribution in [0.25, 0.3) is 0 Å². The zero-order valence-electron chi connectivity index (χ0n) is 11.0. The summed E-state index contributed by atoms with van der Waals surface area (Å²) in [5.41, 5.74) is 0. The molecule has 0 aliphatic carbocycles. The molecule has 3 rings (SSSR count). The van der Waals surface area contributed by atoms with Crippen LogP contribution in [0, 0.1) is 5.92 Å². The Morgan fingerprint density at radius 3 is 2.74 bits per heavy atom. The molecule has 2 bridgehead atoms. The second-order valence-corrected chi connectivity index (χ2v) is 6.85.